The van der Waals surface area contributed by atoms with Crippen molar-refractivity contribution in [2.45, 2.75) is 19.9 Å². The Morgan fingerprint density at radius 3 is 2.30 bits per heavy atom. The van der Waals surface area contributed by atoms with E-state index in [1.165, 1.54) is 6.07 Å². The van der Waals surface area contributed by atoms with Gasteiger partial charge in [0.25, 0.3) is 11.8 Å². The van der Waals surface area contributed by atoms with Gasteiger partial charge >= 0.3 is 0 Å². The highest BCUT2D eigenvalue weighted by Crippen LogP contribution is 2.20. The molecule has 7 heteroatoms. The number of amides is 2. The Bertz CT molecular complexity index is 682. The maximum Gasteiger partial charge on any atom is 0.284 e. The van der Waals surface area contributed by atoms with Crippen molar-refractivity contribution in [3.8, 4) is 5.75 Å². The molecule has 1 heterocycles. The maximum atomic E-state index is 12.2. The second-order valence-corrected chi connectivity index (χ2v) is 5.89. The molecule has 2 amide bonds. The van der Waals surface area contributed by atoms with Crippen molar-refractivity contribution in [2.75, 3.05) is 6.61 Å². The topological polar surface area (TPSA) is 87.7 Å². The number of thiophene rings is 1. The Morgan fingerprint density at radius 1 is 1.13 bits per heavy atom. The molecule has 0 aliphatic rings. The van der Waals surface area contributed by atoms with Gasteiger partial charge in [-0.3, -0.25) is 14.8 Å². The zero-order chi connectivity index (χ0) is 16.8. The van der Waals surface area contributed by atoms with Crippen LogP contribution in [0.2, 0.25) is 0 Å². The van der Waals surface area contributed by atoms with Crippen LogP contribution in [-0.4, -0.2) is 23.6 Å². The average Bonchev–Trinajstić information content (AvgIpc) is 3.05. The summed E-state index contributed by atoms with van der Waals surface area (Å²) in [5.74, 6) is -0.116. The fourth-order valence-corrected chi connectivity index (χ4v) is 2.81. The van der Waals surface area contributed by atoms with Crippen LogP contribution in [0.15, 0.2) is 36.4 Å². The van der Waals surface area contributed by atoms with Crippen LogP contribution in [0.4, 0.5) is 0 Å². The van der Waals surface area contributed by atoms with Crippen LogP contribution in [0.5, 0.6) is 5.75 Å². The van der Waals surface area contributed by atoms with E-state index in [2.05, 4.69) is 5.32 Å². The van der Waals surface area contributed by atoms with Crippen molar-refractivity contribution in [1.82, 2.24) is 10.8 Å². The number of carbonyl (C=O) groups excluding carboxylic acids is 2. The predicted octanol–water partition coefficient (Wildman–Crippen LogP) is 2.76. The van der Waals surface area contributed by atoms with Crippen molar-refractivity contribution in [3.05, 3.63) is 51.7 Å². The molecule has 122 valence electrons. The van der Waals surface area contributed by atoms with Crippen LogP contribution >= 0.6 is 11.3 Å². The van der Waals surface area contributed by atoms with E-state index in [-0.39, 0.29) is 16.8 Å². The molecule has 0 aliphatic heterocycles. The van der Waals surface area contributed by atoms with Gasteiger partial charge in [0, 0.05) is 0 Å². The molecule has 0 unspecified atom stereocenters. The standard InChI is InChI=1S/C16H18N2O4S/c1-3-22-12-6-4-11(5-7-12)10(2)17-15(19)13-8-9-14(23-13)16(20)18-21/h4-10,21H,3H2,1-2H3,(H,17,19)(H,18,20)/t10-/m1/s1. The summed E-state index contributed by atoms with van der Waals surface area (Å²) < 4.78 is 5.38. The van der Waals surface area contributed by atoms with Crippen LogP contribution in [0.25, 0.3) is 0 Å². The third kappa shape index (κ3) is 4.30. The monoisotopic (exact) mass is 334 g/mol. The van der Waals surface area contributed by atoms with Crippen molar-refractivity contribution in [3.63, 3.8) is 0 Å². The van der Waals surface area contributed by atoms with Crippen LogP contribution in [0.3, 0.4) is 0 Å². The lowest BCUT2D eigenvalue weighted by molar-refractivity contribution is 0.0711. The van der Waals surface area contributed by atoms with E-state index < -0.39 is 5.91 Å². The summed E-state index contributed by atoms with van der Waals surface area (Å²) in [6, 6.07) is 10.4. The van der Waals surface area contributed by atoms with Gasteiger partial charge in [-0.05, 0) is 43.7 Å². The minimum atomic E-state index is -0.631. The summed E-state index contributed by atoms with van der Waals surface area (Å²) in [4.78, 5) is 24.2. The lowest BCUT2D eigenvalue weighted by Gasteiger charge is -2.14. The summed E-state index contributed by atoms with van der Waals surface area (Å²) in [5.41, 5.74) is 2.49. The average molecular weight is 334 g/mol. The molecule has 0 radical (unpaired) electrons. The minimum Gasteiger partial charge on any atom is -0.494 e. The van der Waals surface area contributed by atoms with E-state index in [0.29, 0.717) is 11.5 Å². The third-order valence-corrected chi connectivity index (χ3v) is 4.28. The third-order valence-electron chi connectivity index (χ3n) is 3.19. The van der Waals surface area contributed by atoms with Gasteiger partial charge in [0.05, 0.1) is 22.4 Å². The number of rotatable bonds is 6. The van der Waals surface area contributed by atoms with Crippen molar-refractivity contribution in [2.24, 2.45) is 0 Å². The van der Waals surface area contributed by atoms with Crippen LogP contribution in [-0.2, 0) is 0 Å². The molecule has 1 aromatic carbocycles. The van der Waals surface area contributed by atoms with Crippen molar-refractivity contribution < 1.29 is 19.5 Å². The van der Waals surface area contributed by atoms with Gasteiger partial charge in [-0.2, -0.15) is 0 Å². The normalized spacial score (nSPS) is 11.6. The fourth-order valence-electron chi connectivity index (χ4n) is 2.01. The highest BCUT2D eigenvalue weighted by atomic mass is 32.1. The molecular weight excluding hydrogens is 316 g/mol. The molecule has 0 spiro atoms. The SMILES string of the molecule is CCOc1ccc([C@@H](C)NC(=O)c2ccc(C(=O)NO)s2)cc1. The molecule has 6 nitrogen and oxygen atoms in total. The summed E-state index contributed by atoms with van der Waals surface area (Å²) in [7, 11) is 0. The Labute approximate surface area is 138 Å². The first-order valence-corrected chi connectivity index (χ1v) is 7.94. The number of nitrogens with one attached hydrogen (secondary N) is 2. The van der Waals surface area contributed by atoms with E-state index in [1.54, 1.807) is 11.5 Å². The van der Waals surface area contributed by atoms with E-state index >= 15 is 0 Å². The summed E-state index contributed by atoms with van der Waals surface area (Å²) in [5, 5.41) is 11.5. The lowest BCUT2D eigenvalue weighted by Crippen LogP contribution is -2.25. The number of hydrogen-bond acceptors (Lipinski definition) is 5. The summed E-state index contributed by atoms with van der Waals surface area (Å²) in [6.45, 7) is 4.40. The highest BCUT2D eigenvalue weighted by Gasteiger charge is 2.16. The molecule has 0 saturated carbocycles. The van der Waals surface area contributed by atoms with Crippen molar-refractivity contribution >= 4 is 23.2 Å². The largest absolute Gasteiger partial charge is 0.494 e. The molecule has 3 N–H and O–H groups in total. The number of hydrogen-bond donors (Lipinski definition) is 3. The summed E-state index contributed by atoms with van der Waals surface area (Å²) >= 11 is 1.02. The Morgan fingerprint density at radius 2 is 1.74 bits per heavy atom. The first-order valence-electron chi connectivity index (χ1n) is 7.13. The Kier molecular flexibility index (Phi) is 5.72. The van der Waals surface area contributed by atoms with Gasteiger partial charge < -0.3 is 10.1 Å². The van der Waals surface area contributed by atoms with E-state index in [4.69, 9.17) is 9.94 Å². The molecular formula is C16H18N2O4S. The van der Waals surface area contributed by atoms with Crippen LogP contribution in [0.1, 0.15) is 44.8 Å². The summed E-state index contributed by atoms with van der Waals surface area (Å²) in [6.07, 6.45) is 0. The Balaban J connectivity index is 2.01. The quantitative estimate of drug-likeness (QED) is 0.560. The maximum absolute atomic E-state index is 12.2. The zero-order valence-electron chi connectivity index (χ0n) is 12.8. The van der Waals surface area contributed by atoms with Gasteiger partial charge in [0.1, 0.15) is 5.75 Å². The van der Waals surface area contributed by atoms with Crippen LogP contribution < -0.4 is 15.5 Å². The van der Waals surface area contributed by atoms with Gasteiger partial charge in [0.15, 0.2) is 0 Å². The zero-order valence-corrected chi connectivity index (χ0v) is 13.6. The predicted molar refractivity (Wildman–Crippen MR) is 87.1 cm³/mol. The molecule has 1 atom stereocenters. The second-order valence-electron chi connectivity index (χ2n) is 4.80. The van der Waals surface area contributed by atoms with Gasteiger partial charge in [-0.1, -0.05) is 12.1 Å². The molecule has 0 aliphatic carbocycles. The molecule has 2 aromatic rings. The highest BCUT2D eigenvalue weighted by molar-refractivity contribution is 7.15. The number of hydroxylamine groups is 1. The van der Waals surface area contributed by atoms with E-state index in [0.717, 1.165) is 22.6 Å². The molecule has 0 fully saturated rings. The number of carbonyl (C=O) groups is 2. The minimum absolute atomic E-state index is 0.185. The van der Waals surface area contributed by atoms with Gasteiger partial charge in [-0.25, -0.2) is 5.48 Å². The number of benzene rings is 1. The van der Waals surface area contributed by atoms with Gasteiger partial charge in [0.2, 0.25) is 0 Å². The van der Waals surface area contributed by atoms with E-state index in [9.17, 15) is 9.59 Å². The molecule has 23 heavy (non-hydrogen) atoms. The lowest BCUT2D eigenvalue weighted by atomic mass is 10.1. The molecule has 0 bridgehead atoms. The van der Waals surface area contributed by atoms with Gasteiger partial charge in [-0.15, -0.1) is 11.3 Å². The fraction of sp³-hybridized carbons (Fsp3) is 0.250. The second kappa shape index (κ2) is 7.75. The number of ether oxygens (including phenoxy) is 1. The van der Waals surface area contributed by atoms with Crippen LogP contribution in [0, 0.1) is 0 Å². The molecule has 0 saturated heterocycles. The van der Waals surface area contributed by atoms with Crippen molar-refractivity contribution in [1.29, 1.82) is 0 Å². The molecule has 2 rings (SSSR count). The smallest absolute Gasteiger partial charge is 0.284 e. The first kappa shape index (κ1) is 17.0. The first-order chi connectivity index (χ1) is 11.0. The molecule has 1 aromatic heterocycles. The van der Waals surface area contributed by atoms with E-state index in [1.807, 2.05) is 38.1 Å². The Hall–Kier alpha value is -2.38.